The summed E-state index contributed by atoms with van der Waals surface area (Å²) < 4.78 is 4.74. The number of amides is 2. The van der Waals surface area contributed by atoms with E-state index in [0.29, 0.717) is 37.3 Å². The molecule has 0 fully saturated rings. The van der Waals surface area contributed by atoms with Crippen molar-refractivity contribution in [3.8, 4) is 0 Å². The third-order valence-electron chi connectivity index (χ3n) is 3.95. The Morgan fingerprint density at radius 2 is 1.08 bits per heavy atom. The molecular weight excluding hydrogens is 308 g/mol. The molecule has 0 unspecified atom stereocenters. The van der Waals surface area contributed by atoms with Crippen LogP contribution in [0, 0.1) is 0 Å². The Balaban J connectivity index is 3.39. The molecule has 0 bridgehead atoms. The molecule has 132 valence electrons. The number of esters is 1. The van der Waals surface area contributed by atoms with Crippen LogP contribution >= 0.6 is 0 Å². The molecule has 0 spiro atoms. The highest BCUT2D eigenvalue weighted by Gasteiger charge is 2.21. The van der Waals surface area contributed by atoms with Crippen LogP contribution in [-0.2, 0) is 4.74 Å². The first-order valence-corrected chi connectivity index (χ1v) is 8.25. The minimum atomic E-state index is -0.571. The van der Waals surface area contributed by atoms with Gasteiger partial charge in [-0.1, -0.05) is 0 Å². The van der Waals surface area contributed by atoms with Crippen LogP contribution in [-0.4, -0.2) is 60.9 Å². The lowest BCUT2D eigenvalue weighted by Crippen LogP contribution is -2.32. The molecule has 6 heteroatoms. The summed E-state index contributed by atoms with van der Waals surface area (Å²) in [5, 5.41) is 0. The van der Waals surface area contributed by atoms with Crippen molar-refractivity contribution >= 4 is 17.8 Å². The summed E-state index contributed by atoms with van der Waals surface area (Å²) in [6, 6.07) is 4.50. The number of benzene rings is 1. The molecule has 0 N–H and O–H groups in total. The van der Waals surface area contributed by atoms with Crippen molar-refractivity contribution in [2.75, 3.05) is 33.3 Å². The van der Waals surface area contributed by atoms with E-state index in [4.69, 9.17) is 4.74 Å². The molecule has 0 heterocycles. The van der Waals surface area contributed by atoms with Crippen LogP contribution < -0.4 is 0 Å². The van der Waals surface area contributed by atoms with E-state index < -0.39 is 5.97 Å². The van der Waals surface area contributed by atoms with Gasteiger partial charge in [-0.2, -0.15) is 0 Å². The van der Waals surface area contributed by atoms with Crippen LogP contribution in [0.3, 0.4) is 0 Å². The smallest absolute Gasteiger partial charge is 0.337 e. The van der Waals surface area contributed by atoms with Crippen molar-refractivity contribution in [1.82, 2.24) is 9.80 Å². The van der Waals surface area contributed by atoms with Crippen molar-refractivity contribution in [3.05, 3.63) is 34.9 Å². The van der Waals surface area contributed by atoms with E-state index in [1.54, 1.807) is 15.9 Å². The fourth-order valence-electron chi connectivity index (χ4n) is 2.50. The molecule has 1 aromatic rings. The average molecular weight is 334 g/mol. The Labute approximate surface area is 143 Å². The molecule has 0 saturated heterocycles. The standard InChI is InChI=1S/C18H26N2O4/c1-6-19(7-2)16(21)13-10-14(17(22)20(8-3)9-4)12-15(11-13)18(23)24-5/h10-12H,6-9H2,1-5H3. The van der Waals surface area contributed by atoms with E-state index in [1.807, 2.05) is 27.7 Å². The van der Waals surface area contributed by atoms with Gasteiger partial charge in [-0.3, -0.25) is 9.59 Å². The molecule has 2 amide bonds. The van der Waals surface area contributed by atoms with Crippen molar-refractivity contribution < 1.29 is 19.1 Å². The molecule has 6 nitrogen and oxygen atoms in total. The maximum absolute atomic E-state index is 12.6. The van der Waals surface area contributed by atoms with Crippen LogP contribution in [0.1, 0.15) is 58.8 Å². The quantitative estimate of drug-likeness (QED) is 0.718. The first-order chi connectivity index (χ1) is 11.4. The van der Waals surface area contributed by atoms with Crippen LogP contribution in [0.15, 0.2) is 18.2 Å². The summed E-state index contributed by atoms with van der Waals surface area (Å²) in [6.45, 7) is 9.74. The molecule has 0 aromatic heterocycles. The molecule has 24 heavy (non-hydrogen) atoms. The lowest BCUT2D eigenvalue weighted by atomic mass is 10.0. The highest BCUT2D eigenvalue weighted by atomic mass is 16.5. The van der Waals surface area contributed by atoms with Crippen LogP contribution in [0.5, 0.6) is 0 Å². The summed E-state index contributed by atoms with van der Waals surface area (Å²) in [7, 11) is 1.27. The van der Waals surface area contributed by atoms with Gasteiger partial charge in [0, 0.05) is 37.3 Å². The van der Waals surface area contributed by atoms with E-state index in [-0.39, 0.29) is 17.4 Å². The number of nitrogens with zero attached hydrogens (tertiary/aromatic N) is 2. The predicted molar refractivity (Wildman–Crippen MR) is 92.3 cm³/mol. The Bertz CT molecular complexity index is 563. The van der Waals surface area contributed by atoms with Gasteiger partial charge in [0.1, 0.15) is 0 Å². The van der Waals surface area contributed by atoms with Crippen molar-refractivity contribution in [2.45, 2.75) is 27.7 Å². The third-order valence-corrected chi connectivity index (χ3v) is 3.95. The molecule has 0 aliphatic rings. The van der Waals surface area contributed by atoms with Crippen LogP contribution in [0.4, 0.5) is 0 Å². The fraction of sp³-hybridized carbons (Fsp3) is 0.500. The van der Waals surface area contributed by atoms with E-state index in [9.17, 15) is 14.4 Å². The van der Waals surface area contributed by atoms with E-state index >= 15 is 0 Å². The zero-order chi connectivity index (χ0) is 18.3. The van der Waals surface area contributed by atoms with Gasteiger partial charge >= 0.3 is 5.97 Å². The summed E-state index contributed by atoms with van der Waals surface area (Å²) in [5.74, 6) is -0.989. The largest absolute Gasteiger partial charge is 0.465 e. The summed E-state index contributed by atoms with van der Waals surface area (Å²) in [5.41, 5.74) is 0.834. The molecule has 1 rings (SSSR count). The second-order valence-electron chi connectivity index (χ2n) is 5.25. The summed E-state index contributed by atoms with van der Waals surface area (Å²) >= 11 is 0. The molecule has 0 aliphatic carbocycles. The van der Waals surface area contributed by atoms with Gasteiger partial charge < -0.3 is 14.5 Å². The maximum atomic E-state index is 12.6. The van der Waals surface area contributed by atoms with E-state index in [0.717, 1.165) is 0 Å². The SMILES string of the molecule is CCN(CC)C(=O)c1cc(C(=O)OC)cc(C(=O)N(CC)CC)c1. The first-order valence-electron chi connectivity index (χ1n) is 8.25. The normalized spacial score (nSPS) is 10.2. The van der Waals surface area contributed by atoms with Gasteiger partial charge in [-0.25, -0.2) is 4.79 Å². The van der Waals surface area contributed by atoms with E-state index in [1.165, 1.54) is 19.2 Å². The number of hydrogen-bond donors (Lipinski definition) is 0. The topological polar surface area (TPSA) is 66.9 Å². The van der Waals surface area contributed by atoms with Crippen molar-refractivity contribution in [2.24, 2.45) is 0 Å². The van der Waals surface area contributed by atoms with Gasteiger partial charge in [0.05, 0.1) is 12.7 Å². The highest BCUT2D eigenvalue weighted by molar-refractivity contribution is 6.03. The summed E-state index contributed by atoms with van der Waals surface area (Å²) in [6.07, 6.45) is 0. The molecular formula is C18H26N2O4. The van der Waals surface area contributed by atoms with Gasteiger partial charge in [0.15, 0.2) is 0 Å². The highest BCUT2D eigenvalue weighted by Crippen LogP contribution is 2.16. The molecule has 0 saturated carbocycles. The Morgan fingerprint density at radius 3 is 1.38 bits per heavy atom. The number of hydrogen-bond acceptors (Lipinski definition) is 4. The second kappa shape index (κ2) is 9.05. The molecule has 0 radical (unpaired) electrons. The zero-order valence-corrected chi connectivity index (χ0v) is 15.1. The number of rotatable bonds is 7. The lowest BCUT2D eigenvalue weighted by Gasteiger charge is -2.21. The van der Waals surface area contributed by atoms with Crippen LogP contribution in [0.2, 0.25) is 0 Å². The van der Waals surface area contributed by atoms with Gasteiger partial charge in [-0.15, -0.1) is 0 Å². The predicted octanol–water partition coefficient (Wildman–Crippen LogP) is 2.44. The minimum Gasteiger partial charge on any atom is -0.465 e. The van der Waals surface area contributed by atoms with Gasteiger partial charge in [0.2, 0.25) is 0 Å². The minimum absolute atomic E-state index is 0.200. The summed E-state index contributed by atoms with van der Waals surface area (Å²) in [4.78, 5) is 40.4. The maximum Gasteiger partial charge on any atom is 0.337 e. The lowest BCUT2D eigenvalue weighted by molar-refractivity contribution is 0.0600. The van der Waals surface area contributed by atoms with Crippen molar-refractivity contribution in [1.29, 1.82) is 0 Å². The average Bonchev–Trinajstić information content (AvgIpc) is 2.62. The molecule has 0 atom stereocenters. The molecule has 0 aliphatic heterocycles. The number of carbonyl (C=O) groups is 3. The number of methoxy groups -OCH3 is 1. The Kier molecular flexibility index (Phi) is 7.42. The first kappa shape index (κ1) is 19.7. The number of carbonyl (C=O) groups excluding carboxylic acids is 3. The Morgan fingerprint density at radius 1 is 0.750 bits per heavy atom. The third kappa shape index (κ3) is 4.34. The zero-order valence-electron chi connectivity index (χ0n) is 15.1. The Hall–Kier alpha value is -2.37. The van der Waals surface area contributed by atoms with E-state index in [2.05, 4.69) is 0 Å². The van der Waals surface area contributed by atoms with Gasteiger partial charge in [-0.05, 0) is 45.9 Å². The van der Waals surface area contributed by atoms with Crippen LogP contribution in [0.25, 0.3) is 0 Å². The number of ether oxygens (including phenoxy) is 1. The van der Waals surface area contributed by atoms with Crippen molar-refractivity contribution in [3.63, 3.8) is 0 Å². The van der Waals surface area contributed by atoms with Gasteiger partial charge in [0.25, 0.3) is 11.8 Å². The second-order valence-corrected chi connectivity index (χ2v) is 5.25. The molecule has 1 aromatic carbocycles. The fourth-order valence-corrected chi connectivity index (χ4v) is 2.50. The monoisotopic (exact) mass is 334 g/mol.